The standard InChI is InChI=1S/C36H33NO8S2/c1-2-25(21-35-30(17-19-46(38,39)40)31-23-28(13-15-33(31)44-35)26-9-5-3-6-10-26)22-36-37(18-20-47(41,42)43)32-24-29(14-16-34(32)45-36)27-11-7-4-8-12-27/h3-16,21-24H,2,17-20H2,1H3,(H,38,39,40)(H,41,42,43)/b25-21+,36-22-. The van der Waals surface area contributed by atoms with Gasteiger partial charge in [0.1, 0.15) is 11.3 Å². The topological polar surface area (TPSA) is 134 Å². The summed E-state index contributed by atoms with van der Waals surface area (Å²) in [5.74, 6) is 0.346. The summed E-state index contributed by atoms with van der Waals surface area (Å²) in [6.07, 6.45) is 4.13. The van der Waals surface area contributed by atoms with E-state index in [9.17, 15) is 25.9 Å². The molecule has 0 aliphatic carbocycles. The molecular weight excluding hydrogens is 639 g/mol. The average molecular weight is 672 g/mol. The number of nitrogens with zero attached hydrogens (tertiary/aromatic N) is 1. The summed E-state index contributed by atoms with van der Waals surface area (Å²) in [4.78, 5) is 1.71. The van der Waals surface area contributed by atoms with Crippen LogP contribution in [0.1, 0.15) is 24.7 Å². The first-order valence-electron chi connectivity index (χ1n) is 15.1. The molecule has 2 N–H and O–H groups in total. The highest BCUT2D eigenvalue weighted by Gasteiger charge is 2.28. The molecule has 1 aliphatic heterocycles. The minimum absolute atomic E-state index is 0.0220. The Kier molecular flexibility index (Phi) is 9.07. The van der Waals surface area contributed by atoms with Gasteiger partial charge in [0.05, 0.1) is 17.2 Å². The summed E-state index contributed by atoms with van der Waals surface area (Å²) >= 11 is 0. The van der Waals surface area contributed by atoms with Crippen molar-refractivity contribution < 1.29 is 35.1 Å². The van der Waals surface area contributed by atoms with Gasteiger partial charge in [0, 0.05) is 23.6 Å². The monoisotopic (exact) mass is 671 g/mol. The summed E-state index contributed by atoms with van der Waals surface area (Å²) in [6, 6.07) is 30.9. The zero-order valence-electron chi connectivity index (χ0n) is 25.5. The molecule has 0 amide bonds. The van der Waals surface area contributed by atoms with E-state index in [0.29, 0.717) is 40.6 Å². The summed E-state index contributed by atoms with van der Waals surface area (Å²) in [5, 5.41) is 0.733. The van der Waals surface area contributed by atoms with E-state index < -0.39 is 31.7 Å². The van der Waals surface area contributed by atoms with Crippen LogP contribution >= 0.6 is 0 Å². The van der Waals surface area contributed by atoms with Crippen LogP contribution in [-0.4, -0.2) is 44.0 Å². The first-order chi connectivity index (χ1) is 22.5. The number of anilines is 1. The van der Waals surface area contributed by atoms with Crippen molar-refractivity contribution in [2.45, 2.75) is 19.8 Å². The molecule has 1 aliphatic rings. The number of ether oxygens (including phenoxy) is 1. The molecule has 0 spiro atoms. The van der Waals surface area contributed by atoms with Crippen LogP contribution in [0.2, 0.25) is 0 Å². The van der Waals surface area contributed by atoms with Gasteiger partial charge in [0.25, 0.3) is 20.2 Å². The maximum atomic E-state index is 11.8. The molecule has 0 fully saturated rings. The van der Waals surface area contributed by atoms with Gasteiger partial charge in [0.15, 0.2) is 5.75 Å². The second-order valence-electron chi connectivity index (χ2n) is 11.2. The van der Waals surface area contributed by atoms with Crippen LogP contribution in [0.3, 0.4) is 0 Å². The van der Waals surface area contributed by atoms with E-state index in [-0.39, 0.29) is 13.0 Å². The van der Waals surface area contributed by atoms with E-state index in [0.717, 1.165) is 33.2 Å². The lowest BCUT2D eigenvalue weighted by Gasteiger charge is -2.18. The minimum Gasteiger partial charge on any atom is -0.456 e. The third-order valence-corrected chi connectivity index (χ3v) is 9.40. The maximum Gasteiger partial charge on any atom is 0.266 e. The molecule has 2 heterocycles. The number of allylic oxidation sites excluding steroid dienone is 2. The Hall–Kier alpha value is -4.68. The molecule has 6 rings (SSSR count). The summed E-state index contributed by atoms with van der Waals surface area (Å²) in [5.41, 5.74) is 6.43. The smallest absolute Gasteiger partial charge is 0.266 e. The van der Waals surface area contributed by atoms with Crippen molar-refractivity contribution in [3.8, 4) is 28.0 Å². The third-order valence-electron chi connectivity index (χ3n) is 7.98. The Morgan fingerprint density at radius 2 is 1.38 bits per heavy atom. The Bertz CT molecular complexity index is 2210. The number of furan rings is 1. The van der Waals surface area contributed by atoms with E-state index >= 15 is 0 Å². The molecule has 0 unspecified atom stereocenters. The van der Waals surface area contributed by atoms with E-state index in [1.54, 1.807) is 17.1 Å². The second-order valence-corrected chi connectivity index (χ2v) is 14.3. The SMILES string of the molecule is CCC(/C=C1\Oc2ccc(-c3ccccc3)cc2N1CCS(=O)(=O)O)=C\c1oc2ccc(-c3ccccc3)cc2c1CCS(=O)(=O)O. The number of hydrogen-bond acceptors (Lipinski definition) is 7. The summed E-state index contributed by atoms with van der Waals surface area (Å²) in [6.45, 7) is 1.88. The molecule has 5 aromatic rings. The molecule has 47 heavy (non-hydrogen) atoms. The van der Waals surface area contributed by atoms with Crippen LogP contribution in [0.15, 0.2) is 119 Å². The Morgan fingerprint density at radius 3 is 2.00 bits per heavy atom. The Labute approximate surface area is 273 Å². The second kappa shape index (κ2) is 13.2. The fraction of sp³-hybridized carbons (Fsp3) is 0.167. The number of hydrogen-bond donors (Lipinski definition) is 2. The highest BCUT2D eigenvalue weighted by molar-refractivity contribution is 7.86. The normalized spacial score (nSPS) is 14.5. The average Bonchev–Trinajstić information content (AvgIpc) is 3.58. The third kappa shape index (κ3) is 7.66. The lowest BCUT2D eigenvalue weighted by atomic mass is 10.0. The highest BCUT2D eigenvalue weighted by atomic mass is 32.2. The van der Waals surface area contributed by atoms with Crippen LogP contribution < -0.4 is 9.64 Å². The number of rotatable bonds is 11. The van der Waals surface area contributed by atoms with Crippen molar-refractivity contribution in [2.75, 3.05) is 23.0 Å². The van der Waals surface area contributed by atoms with Crippen LogP contribution in [0.25, 0.3) is 39.3 Å². The molecular formula is C36H33NO8S2. The highest BCUT2D eigenvalue weighted by Crippen LogP contribution is 2.42. The Balaban J connectivity index is 1.42. The molecule has 0 radical (unpaired) electrons. The number of aryl methyl sites for hydroxylation is 1. The molecule has 4 aromatic carbocycles. The fourth-order valence-electron chi connectivity index (χ4n) is 5.61. The number of benzene rings is 4. The van der Waals surface area contributed by atoms with Crippen LogP contribution in [0.4, 0.5) is 5.69 Å². The van der Waals surface area contributed by atoms with Crippen molar-refractivity contribution in [1.82, 2.24) is 0 Å². The zero-order chi connectivity index (χ0) is 33.2. The first-order valence-corrected chi connectivity index (χ1v) is 18.3. The van der Waals surface area contributed by atoms with Gasteiger partial charge in [-0.25, -0.2) is 0 Å². The van der Waals surface area contributed by atoms with Crippen molar-refractivity contribution in [1.29, 1.82) is 0 Å². The fourth-order valence-corrected chi connectivity index (χ4v) is 6.49. The minimum atomic E-state index is -4.27. The van der Waals surface area contributed by atoms with Crippen molar-refractivity contribution >= 4 is 43.0 Å². The molecule has 0 bridgehead atoms. The van der Waals surface area contributed by atoms with E-state index in [2.05, 4.69) is 0 Å². The van der Waals surface area contributed by atoms with Gasteiger partial charge in [-0.2, -0.15) is 16.8 Å². The van der Waals surface area contributed by atoms with E-state index in [1.807, 2.05) is 104 Å². The van der Waals surface area contributed by atoms with Gasteiger partial charge >= 0.3 is 0 Å². The molecule has 1 aromatic heterocycles. The van der Waals surface area contributed by atoms with Crippen molar-refractivity contribution in [3.05, 3.63) is 126 Å². The van der Waals surface area contributed by atoms with Crippen molar-refractivity contribution in [2.24, 2.45) is 0 Å². The van der Waals surface area contributed by atoms with Gasteiger partial charge in [-0.3, -0.25) is 9.11 Å². The molecule has 9 nitrogen and oxygen atoms in total. The van der Waals surface area contributed by atoms with Crippen LogP contribution in [0.5, 0.6) is 5.75 Å². The van der Waals surface area contributed by atoms with Crippen LogP contribution in [-0.2, 0) is 26.7 Å². The quantitative estimate of drug-likeness (QED) is 0.136. The predicted molar refractivity (Wildman–Crippen MR) is 184 cm³/mol. The molecule has 242 valence electrons. The van der Waals surface area contributed by atoms with Gasteiger partial charge in [-0.15, -0.1) is 0 Å². The van der Waals surface area contributed by atoms with E-state index in [1.165, 1.54) is 0 Å². The summed E-state index contributed by atoms with van der Waals surface area (Å²) < 4.78 is 78.7. The van der Waals surface area contributed by atoms with Crippen molar-refractivity contribution in [3.63, 3.8) is 0 Å². The molecule has 11 heteroatoms. The van der Waals surface area contributed by atoms with Gasteiger partial charge in [-0.1, -0.05) is 79.7 Å². The lowest BCUT2D eigenvalue weighted by molar-refractivity contribution is 0.438. The predicted octanol–water partition coefficient (Wildman–Crippen LogP) is 7.62. The zero-order valence-corrected chi connectivity index (χ0v) is 27.2. The molecule has 0 atom stereocenters. The van der Waals surface area contributed by atoms with Gasteiger partial charge in [0.2, 0.25) is 5.88 Å². The molecule has 0 saturated heterocycles. The van der Waals surface area contributed by atoms with Gasteiger partial charge < -0.3 is 14.1 Å². The van der Waals surface area contributed by atoms with E-state index in [4.69, 9.17) is 9.15 Å². The maximum absolute atomic E-state index is 11.8. The molecule has 0 saturated carbocycles. The number of fused-ring (bicyclic) bond motifs is 2. The first kappa shape index (κ1) is 32.3. The Morgan fingerprint density at radius 1 is 0.766 bits per heavy atom. The lowest BCUT2D eigenvalue weighted by Crippen LogP contribution is -2.27. The summed E-state index contributed by atoms with van der Waals surface area (Å²) in [7, 11) is -8.52. The van der Waals surface area contributed by atoms with Crippen LogP contribution in [0, 0.1) is 0 Å². The van der Waals surface area contributed by atoms with Gasteiger partial charge in [-0.05, 0) is 71.0 Å². The largest absolute Gasteiger partial charge is 0.456 e.